The molecule has 0 amide bonds. The van der Waals surface area contributed by atoms with Crippen LogP contribution in [0.3, 0.4) is 0 Å². The molecule has 0 heterocycles. The molecule has 0 radical (unpaired) electrons. The molecule has 4 heteroatoms. The van der Waals surface area contributed by atoms with Gasteiger partial charge in [-0.1, -0.05) is 85.0 Å². The van der Waals surface area contributed by atoms with E-state index in [1.165, 1.54) is 38.5 Å². The van der Waals surface area contributed by atoms with E-state index >= 15 is 0 Å². The molecule has 4 nitrogen and oxygen atoms in total. The molecular formula is C25H46O4. The Kier molecular flexibility index (Phi) is 15.0. The van der Waals surface area contributed by atoms with E-state index in [0.29, 0.717) is 19.1 Å². The highest BCUT2D eigenvalue weighted by molar-refractivity contribution is 5.82. The lowest BCUT2D eigenvalue weighted by atomic mass is 9.79. The number of carbonyl (C=O) groups is 2. The summed E-state index contributed by atoms with van der Waals surface area (Å²) in [6.07, 6.45) is 16.5. The summed E-state index contributed by atoms with van der Waals surface area (Å²) in [6, 6.07) is 0. The van der Waals surface area contributed by atoms with E-state index in [1.807, 2.05) is 0 Å². The fourth-order valence-corrected chi connectivity index (χ4v) is 4.15. The largest absolute Gasteiger partial charge is 0.465 e. The second kappa shape index (κ2) is 16.7. The first-order chi connectivity index (χ1) is 14.1. The molecule has 29 heavy (non-hydrogen) atoms. The lowest BCUT2D eigenvalue weighted by Crippen LogP contribution is -2.35. The first kappa shape index (κ1) is 26.0. The minimum Gasteiger partial charge on any atom is -0.465 e. The smallest absolute Gasteiger partial charge is 0.309 e. The molecule has 0 saturated heterocycles. The third-order valence-electron chi connectivity index (χ3n) is 6.03. The number of unbranched alkanes of at least 4 members (excludes halogenated alkanes) is 8. The van der Waals surface area contributed by atoms with E-state index in [9.17, 15) is 9.59 Å². The second-order valence-corrected chi connectivity index (χ2v) is 9.20. The zero-order chi connectivity index (χ0) is 21.3. The summed E-state index contributed by atoms with van der Waals surface area (Å²) in [4.78, 5) is 25.0. The molecule has 0 N–H and O–H groups in total. The van der Waals surface area contributed by atoms with Gasteiger partial charge in [-0.05, 0) is 38.0 Å². The fourth-order valence-electron chi connectivity index (χ4n) is 4.15. The minimum absolute atomic E-state index is 0.186. The van der Waals surface area contributed by atoms with E-state index in [1.54, 1.807) is 0 Å². The van der Waals surface area contributed by atoms with Crippen LogP contribution in [0.2, 0.25) is 0 Å². The maximum Gasteiger partial charge on any atom is 0.309 e. The molecule has 1 rings (SSSR count). The third-order valence-corrected chi connectivity index (χ3v) is 6.03. The van der Waals surface area contributed by atoms with E-state index in [-0.39, 0.29) is 23.8 Å². The summed E-state index contributed by atoms with van der Waals surface area (Å²) in [5, 5.41) is 0. The van der Waals surface area contributed by atoms with Crippen molar-refractivity contribution in [2.24, 2.45) is 17.8 Å². The van der Waals surface area contributed by atoms with Gasteiger partial charge in [0.2, 0.25) is 0 Å². The summed E-state index contributed by atoms with van der Waals surface area (Å²) >= 11 is 0. The zero-order valence-corrected chi connectivity index (χ0v) is 19.4. The SMILES string of the molecule is CCCCCCCCCCOC(=O)C1CCCCC1C(=O)OCCCCC(C)C. The maximum absolute atomic E-state index is 12.5. The Hall–Kier alpha value is -1.06. The molecule has 1 aliphatic carbocycles. The predicted molar refractivity (Wildman–Crippen MR) is 119 cm³/mol. The lowest BCUT2D eigenvalue weighted by Gasteiger charge is -2.28. The van der Waals surface area contributed by atoms with Crippen LogP contribution in [0.15, 0.2) is 0 Å². The maximum atomic E-state index is 12.5. The Bertz CT molecular complexity index is 433. The monoisotopic (exact) mass is 410 g/mol. The lowest BCUT2D eigenvalue weighted by molar-refractivity contribution is -0.163. The van der Waals surface area contributed by atoms with Crippen LogP contribution in [0, 0.1) is 17.8 Å². The van der Waals surface area contributed by atoms with E-state index in [0.717, 1.165) is 57.8 Å². The number of esters is 2. The minimum atomic E-state index is -0.306. The average molecular weight is 411 g/mol. The summed E-state index contributed by atoms with van der Waals surface area (Å²) < 4.78 is 11.0. The number of carbonyl (C=O) groups excluding carboxylic acids is 2. The van der Waals surface area contributed by atoms with Crippen LogP contribution >= 0.6 is 0 Å². The topological polar surface area (TPSA) is 52.6 Å². The van der Waals surface area contributed by atoms with Gasteiger partial charge in [0.05, 0.1) is 25.0 Å². The van der Waals surface area contributed by atoms with Crippen molar-refractivity contribution < 1.29 is 19.1 Å². The molecule has 1 fully saturated rings. The van der Waals surface area contributed by atoms with Gasteiger partial charge in [-0.25, -0.2) is 0 Å². The molecule has 0 aliphatic heterocycles. The molecule has 2 unspecified atom stereocenters. The highest BCUT2D eigenvalue weighted by atomic mass is 16.5. The average Bonchev–Trinajstić information content (AvgIpc) is 2.71. The highest BCUT2D eigenvalue weighted by Crippen LogP contribution is 2.32. The van der Waals surface area contributed by atoms with Gasteiger partial charge >= 0.3 is 11.9 Å². The van der Waals surface area contributed by atoms with Gasteiger partial charge in [0, 0.05) is 0 Å². The Morgan fingerprint density at radius 2 is 1.17 bits per heavy atom. The molecule has 0 spiro atoms. The Morgan fingerprint density at radius 1 is 0.724 bits per heavy atom. The van der Waals surface area contributed by atoms with Crippen molar-refractivity contribution in [1.82, 2.24) is 0 Å². The van der Waals surface area contributed by atoms with E-state index < -0.39 is 0 Å². The van der Waals surface area contributed by atoms with Crippen LogP contribution in [0.1, 0.15) is 117 Å². The first-order valence-corrected chi connectivity index (χ1v) is 12.4. The van der Waals surface area contributed by atoms with Crippen molar-refractivity contribution in [2.75, 3.05) is 13.2 Å². The number of hydrogen-bond acceptors (Lipinski definition) is 4. The van der Waals surface area contributed by atoms with Gasteiger partial charge in [0.25, 0.3) is 0 Å². The van der Waals surface area contributed by atoms with Gasteiger partial charge in [-0.2, -0.15) is 0 Å². The van der Waals surface area contributed by atoms with Crippen molar-refractivity contribution >= 4 is 11.9 Å². The number of hydrogen-bond donors (Lipinski definition) is 0. The number of rotatable bonds is 16. The van der Waals surface area contributed by atoms with Crippen molar-refractivity contribution in [3.63, 3.8) is 0 Å². The summed E-state index contributed by atoms with van der Waals surface area (Å²) in [7, 11) is 0. The summed E-state index contributed by atoms with van der Waals surface area (Å²) in [5.41, 5.74) is 0. The van der Waals surface area contributed by atoms with Gasteiger partial charge < -0.3 is 9.47 Å². The van der Waals surface area contributed by atoms with Gasteiger partial charge in [0.1, 0.15) is 0 Å². The standard InChI is InChI=1S/C25H46O4/c1-4-5-6-7-8-9-10-14-19-28-24(26)22-17-11-12-18-23(22)25(27)29-20-15-13-16-21(2)3/h21-23H,4-20H2,1-3H3. The van der Waals surface area contributed by atoms with Gasteiger partial charge in [0.15, 0.2) is 0 Å². The Labute approximate surface area is 179 Å². The molecule has 1 saturated carbocycles. The molecule has 2 atom stereocenters. The predicted octanol–water partition coefficient (Wildman–Crippen LogP) is 6.85. The molecule has 0 aromatic rings. The van der Waals surface area contributed by atoms with Crippen molar-refractivity contribution in [1.29, 1.82) is 0 Å². The van der Waals surface area contributed by atoms with Crippen molar-refractivity contribution in [3.8, 4) is 0 Å². The first-order valence-electron chi connectivity index (χ1n) is 12.4. The Balaban J connectivity index is 2.21. The molecule has 0 aromatic carbocycles. The van der Waals surface area contributed by atoms with Crippen LogP contribution in [-0.4, -0.2) is 25.2 Å². The third kappa shape index (κ3) is 12.3. The Morgan fingerprint density at radius 3 is 1.66 bits per heavy atom. The summed E-state index contributed by atoms with van der Waals surface area (Å²) in [5.74, 6) is -0.303. The molecule has 170 valence electrons. The van der Waals surface area contributed by atoms with Crippen LogP contribution in [-0.2, 0) is 19.1 Å². The van der Waals surface area contributed by atoms with Crippen LogP contribution in [0.5, 0.6) is 0 Å². The van der Waals surface area contributed by atoms with E-state index in [2.05, 4.69) is 20.8 Å². The quantitative estimate of drug-likeness (QED) is 0.206. The van der Waals surface area contributed by atoms with E-state index in [4.69, 9.17) is 9.47 Å². The van der Waals surface area contributed by atoms with Gasteiger partial charge in [-0.15, -0.1) is 0 Å². The normalized spacial score (nSPS) is 19.3. The van der Waals surface area contributed by atoms with Crippen LogP contribution < -0.4 is 0 Å². The summed E-state index contributed by atoms with van der Waals surface area (Å²) in [6.45, 7) is 7.61. The number of ether oxygens (including phenoxy) is 2. The van der Waals surface area contributed by atoms with Crippen molar-refractivity contribution in [3.05, 3.63) is 0 Å². The highest BCUT2D eigenvalue weighted by Gasteiger charge is 2.37. The molecular weight excluding hydrogens is 364 g/mol. The fraction of sp³-hybridized carbons (Fsp3) is 0.920. The van der Waals surface area contributed by atoms with Gasteiger partial charge in [-0.3, -0.25) is 9.59 Å². The molecule has 1 aliphatic rings. The van der Waals surface area contributed by atoms with Crippen molar-refractivity contribution in [2.45, 2.75) is 117 Å². The van der Waals surface area contributed by atoms with Crippen LogP contribution in [0.25, 0.3) is 0 Å². The van der Waals surface area contributed by atoms with Crippen LogP contribution in [0.4, 0.5) is 0 Å². The molecule has 0 bridgehead atoms. The molecule has 0 aromatic heterocycles. The zero-order valence-electron chi connectivity index (χ0n) is 19.4. The second-order valence-electron chi connectivity index (χ2n) is 9.20.